The molecule has 108 valence electrons. The number of hydrogen-bond acceptors (Lipinski definition) is 3. The maximum Gasteiger partial charge on any atom is 1.00 e. The fraction of sp³-hybridized carbons (Fsp3) is 0.533. The van der Waals surface area contributed by atoms with E-state index in [0.717, 1.165) is 30.0 Å². The molecule has 1 aromatic rings. The van der Waals surface area contributed by atoms with Crippen molar-refractivity contribution in [3.05, 3.63) is 34.7 Å². The van der Waals surface area contributed by atoms with E-state index in [-0.39, 0.29) is 34.5 Å². The van der Waals surface area contributed by atoms with Gasteiger partial charge in [0.25, 0.3) is 0 Å². The Balaban J connectivity index is 0.00000161. The van der Waals surface area contributed by atoms with Gasteiger partial charge in [0.2, 0.25) is 0 Å². The van der Waals surface area contributed by atoms with Crippen molar-refractivity contribution in [3.63, 3.8) is 0 Å². The normalized spacial score (nSPS) is 26.4. The van der Waals surface area contributed by atoms with Crippen molar-refractivity contribution < 1.29 is 38.0 Å². The van der Waals surface area contributed by atoms with Crippen molar-refractivity contribution in [2.75, 3.05) is 0 Å². The number of sulfonamides is 1. The molecule has 0 aromatic heterocycles. The Labute approximate surface area is 148 Å². The first-order chi connectivity index (χ1) is 9.56. The predicted octanol–water partition coefficient (Wildman–Crippen LogP) is 0.628. The van der Waals surface area contributed by atoms with Crippen LogP contribution < -0.4 is 29.6 Å². The average Bonchev–Trinajstić information content (AvgIpc) is 3.17. The minimum absolute atomic E-state index is 0. The Morgan fingerprint density at radius 3 is 2.62 bits per heavy atom. The van der Waals surface area contributed by atoms with Gasteiger partial charge in [0.1, 0.15) is 10.0 Å². The van der Waals surface area contributed by atoms with Crippen LogP contribution in [0.2, 0.25) is 0 Å². The second kappa shape index (κ2) is 6.82. The van der Waals surface area contributed by atoms with Crippen LogP contribution in [0.1, 0.15) is 37.7 Å². The van der Waals surface area contributed by atoms with E-state index in [0.29, 0.717) is 5.92 Å². The van der Waals surface area contributed by atoms with Crippen LogP contribution >= 0.6 is 0 Å². The Bertz CT molecular complexity index is 626. The molecule has 3 rings (SSSR count). The molecule has 0 amide bonds. The first kappa shape index (κ1) is 17.0. The predicted molar refractivity (Wildman–Crippen MR) is 79.2 cm³/mol. The van der Waals surface area contributed by atoms with Crippen molar-refractivity contribution in [2.45, 2.75) is 43.9 Å². The van der Waals surface area contributed by atoms with E-state index >= 15 is 0 Å². The van der Waals surface area contributed by atoms with Gasteiger partial charge in [-0.25, -0.2) is 8.42 Å². The van der Waals surface area contributed by atoms with Crippen LogP contribution in [0, 0.1) is 18.8 Å². The SMILES string of the molecule is Cc1ccc(S(=O)(=O)[N-]/N=C2/CCCCC3CC23)cc1.[Na+]. The van der Waals surface area contributed by atoms with E-state index in [1.54, 1.807) is 24.3 Å². The van der Waals surface area contributed by atoms with Crippen LogP contribution in [0.25, 0.3) is 4.83 Å². The van der Waals surface area contributed by atoms with Gasteiger partial charge in [0.05, 0.1) is 4.90 Å². The molecule has 0 bridgehead atoms. The van der Waals surface area contributed by atoms with Crippen molar-refractivity contribution in [1.82, 2.24) is 0 Å². The maximum absolute atomic E-state index is 12.1. The summed E-state index contributed by atoms with van der Waals surface area (Å²) in [5.74, 6) is 1.22. The molecule has 4 nitrogen and oxygen atoms in total. The largest absolute Gasteiger partial charge is 1.00 e. The first-order valence-corrected chi connectivity index (χ1v) is 8.61. The molecular formula is C15H19N2NaO2S. The molecule has 0 heterocycles. The molecule has 0 radical (unpaired) electrons. The monoisotopic (exact) mass is 314 g/mol. The zero-order valence-electron chi connectivity index (χ0n) is 12.6. The third-order valence-corrected chi connectivity index (χ3v) is 5.37. The molecule has 0 spiro atoms. The average molecular weight is 314 g/mol. The van der Waals surface area contributed by atoms with Gasteiger partial charge in [-0.05, 0) is 62.3 Å². The number of fused-ring (bicyclic) bond motifs is 1. The first-order valence-electron chi connectivity index (χ1n) is 7.17. The van der Waals surface area contributed by atoms with E-state index in [2.05, 4.69) is 9.93 Å². The summed E-state index contributed by atoms with van der Waals surface area (Å²) in [6, 6.07) is 6.72. The molecule has 21 heavy (non-hydrogen) atoms. The molecule has 2 aliphatic carbocycles. The molecule has 2 saturated carbocycles. The second-order valence-electron chi connectivity index (χ2n) is 5.81. The van der Waals surface area contributed by atoms with Gasteiger partial charge in [0.15, 0.2) is 0 Å². The van der Waals surface area contributed by atoms with E-state index in [1.165, 1.54) is 19.3 Å². The molecule has 2 aliphatic rings. The third-order valence-electron chi connectivity index (χ3n) is 4.20. The molecule has 0 saturated heterocycles. The van der Waals surface area contributed by atoms with Crippen LogP contribution in [0.5, 0.6) is 0 Å². The fourth-order valence-electron chi connectivity index (χ4n) is 2.86. The minimum atomic E-state index is -3.66. The standard InChI is InChI=1S/C15H19N2O2S.Na/c1-11-6-8-13(9-7-11)20(18,19)17-16-15-5-3-2-4-12-10-14(12)15;/h6-9,12,14H,2-5,10H2,1H3;/q-1;+1/b16-15-;. The molecule has 0 aliphatic heterocycles. The minimum Gasteiger partial charge on any atom is -0.491 e. The van der Waals surface area contributed by atoms with Gasteiger partial charge < -0.3 is 9.93 Å². The van der Waals surface area contributed by atoms with Crippen molar-refractivity contribution in [1.29, 1.82) is 0 Å². The number of nitrogens with zero attached hydrogens (tertiary/aromatic N) is 2. The molecule has 6 heteroatoms. The van der Waals surface area contributed by atoms with Gasteiger partial charge in [-0.15, -0.1) is 0 Å². The van der Waals surface area contributed by atoms with Crippen LogP contribution in [-0.4, -0.2) is 14.1 Å². The molecule has 0 N–H and O–H groups in total. The topological polar surface area (TPSA) is 60.6 Å². The second-order valence-corrected chi connectivity index (χ2v) is 7.39. The Kier molecular flexibility index (Phi) is 5.52. The molecule has 2 atom stereocenters. The van der Waals surface area contributed by atoms with E-state index < -0.39 is 10.0 Å². The number of benzene rings is 1. The van der Waals surface area contributed by atoms with Gasteiger partial charge in [-0.1, -0.05) is 24.1 Å². The molecular weight excluding hydrogens is 295 g/mol. The summed E-state index contributed by atoms with van der Waals surface area (Å²) >= 11 is 0. The van der Waals surface area contributed by atoms with Crippen LogP contribution in [-0.2, 0) is 10.0 Å². The Morgan fingerprint density at radius 2 is 1.90 bits per heavy atom. The Hall–Kier alpha value is -0.360. The van der Waals surface area contributed by atoms with Gasteiger partial charge in [0, 0.05) is 0 Å². The molecule has 1 aromatic carbocycles. The molecule has 2 unspecified atom stereocenters. The van der Waals surface area contributed by atoms with Gasteiger partial charge >= 0.3 is 29.6 Å². The smallest absolute Gasteiger partial charge is 0.491 e. The summed E-state index contributed by atoms with van der Waals surface area (Å²) in [6.45, 7) is 1.92. The number of rotatable bonds is 3. The van der Waals surface area contributed by atoms with Crippen molar-refractivity contribution in [3.8, 4) is 0 Å². The van der Waals surface area contributed by atoms with Gasteiger partial charge in [-0.3, -0.25) is 0 Å². The third kappa shape index (κ3) is 4.09. The summed E-state index contributed by atoms with van der Waals surface area (Å²) in [6.07, 6.45) is 5.65. The van der Waals surface area contributed by atoms with Crippen molar-refractivity contribution in [2.24, 2.45) is 16.9 Å². The Morgan fingerprint density at radius 1 is 1.19 bits per heavy atom. The van der Waals surface area contributed by atoms with E-state index in [1.807, 2.05) is 6.92 Å². The van der Waals surface area contributed by atoms with Crippen LogP contribution in [0.3, 0.4) is 0 Å². The number of hydrogen-bond donors (Lipinski definition) is 0. The van der Waals surface area contributed by atoms with Gasteiger partial charge in [-0.2, -0.15) is 0 Å². The molecule has 2 fully saturated rings. The fourth-order valence-corrected chi connectivity index (χ4v) is 3.65. The van der Waals surface area contributed by atoms with E-state index in [9.17, 15) is 8.42 Å². The van der Waals surface area contributed by atoms with Crippen LogP contribution in [0.15, 0.2) is 34.3 Å². The number of aryl methyl sites for hydroxylation is 1. The zero-order valence-corrected chi connectivity index (χ0v) is 15.4. The summed E-state index contributed by atoms with van der Waals surface area (Å²) in [7, 11) is -3.66. The van der Waals surface area contributed by atoms with Crippen LogP contribution in [0.4, 0.5) is 0 Å². The zero-order chi connectivity index (χ0) is 14.2. The summed E-state index contributed by atoms with van der Waals surface area (Å²) in [4.78, 5) is 3.87. The summed E-state index contributed by atoms with van der Waals surface area (Å²) in [5, 5.41) is 4.09. The van der Waals surface area contributed by atoms with Crippen molar-refractivity contribution >= 4 is 15.7 Å². The van der Waals surface area contributed by atoms with E-state index in [4.69, 9.17) is 0 Å². The quantitative estimate of drug-likeness (QED) is 0.607. The summed E-state index contributed by atoms with van der Waals surface area (Å²) < 4.78 is 24.2. The summed E-state index contributed by atoms with van der Waals surface area (Å²) in [5.41, 5.74) is 2.02. The maximum atomic E-state index is 12.1.